The van der Waals surface area contributed by atoms with Gasteiger partial charge in [0.2, 0.25) is 0 Å². The molecule has 1 rings (SSSR count). The molecular weight excluding hydrogens is 138 g/mol. The van der Waals surface area contributed by atoms with Crippen LogP contribution in [0, 0.1) is 0 Å². The van der Waals surface area contributed by atoms with Gasteiger partial charge in [0.25, 0.3) is 0 Å². The fraction of sp³-hybridized carbons (Fsp3) is 0.222. The smallest absolute Gasteiger partial charge is 0.109 e. The molecule has 0 fully saturated rings. The number of rotatable bonds is 2. The lowest BCUT2D eigenvalue weighted by atomic mass is 10.3. The molecule has 2 heteroatoms. The second-order valence-electron chi connectivity index (χ2n) is 2.25. The molecule has 11 heavy (non-hydrogen) atoms. The minimum Gasteiger partial charge on any atom is -0.470 e. The number of hydrogen-bond donors (Lipinski definition) is 0. The Labute approximate surface area is 66.6 Å². The standard InChI is InChI=1S/C9H11NO/c1-3-11-9-5-4-6-10-8(2)7-9/h3-4,6-7H,1,5H2,2H3. The first-order chi connectivity index (χ1) is 5.33. The average Bonchev–Trinajstić information content (AvgIpc) is 2.15. The van der Waals surface area contributed by atoms with E-state index in [2.05, 4.69) is 11.6 Å². The highest BCUT2D eigenvalue weighted by atomic mass is 16.5. The Morgan fingerprint density at radius 1 is 1.73 bits per heavy atom. The quantitative estimate of drug-likeness (QED) is 0.552. The van der Waals surface area contributed by atoms with Crippen LogP contribution in [0.15, 0.2) is 41.9 Å². The Bertz CT molecular complexity index is 236. The number of allylic oxidation sites excluding steroid dienone is 2. The van der Waals surface area contributed by atoms with Crippen molar-refractivity contribution in [1.82, 2.24) is 0 Å². The third-order valence-corrected chi connectivity index (χ3v) is 1.31. The molecule has 1 aliphatic rings. The van der Waals surface area contributed by atoms with Crippen LogP contribution in [0.25, 0.3) is 0 Å². The Hall–Kier alpha value is -1.31. The molecule has 58 valence electrons. The third kappa shape index (κ3) is 2.42. The highest BCUT2D eigenvalue weighted by Crippen LogP contribution is 2.08. The largest absolute Gasteiger partial charge is 0.470 e. The summed E-state index contributed by atoms with van der Waals surface area (Å²) in [4.78, 5) is 4.10. The number of hydrogen-bond acceptors (Lipinski definition) is 2. The van der Waals surface area contributed by atoms with Gasteiger partial charge in [-0.25, -0.2) is 0 Å². The van der Waals surface area contributed by atoms with Crippen LogP contribution in [0.5, 0.6) is 0 Å². The van der Waals surface area contributed by atoms with Crippen LogP contribution >= 0.6 is 0 Å². The summed E-state index contributed by atoms with van der Waals surface area (Å²) < 4.78 is 5.13. The fourth-order valence-corrected chi connectivity index (χ4v) is 0.857. The molecule has 0 spiro atoms. The maximum Gasteiger partial charge on any atom is 0.109 e. The SMILES string of the molecule is C=COC1=CC(C)=NC=CC1. The highest BCUT2D eigenvalue weighted by molar-refractivity contribution is 5.93. The van der Waals surface area contributed by atoms with Crippen molar-refractivity contribution < 1.29 is 4.74 Å². The van der Waals surface area contributed by atoms with E-state index in [9.17, 15) is 0 Å². The van der Waals surface area contributed by atoms with Gasteiger partial charge >= 0.3 is 0 Å². The molecule has 2 nitrogen and oxygen atoms in total. The topological polar surface area (TPSA) is 21.6 Å². The summed E-state index contributed by atoms with van der Waals surface area (Å²) >= 11 is 0. The van der Waals surface area contributed by atoms with Gasteiger partial charge in [0.05, 0.1) is 6.26 Å². The zero-order valence-corrected chi connectivity index (χ0v) is 6.58. The van der Waals surface area contributed by atoms with Crippen LogP contribution in [0.3, 0.4) is 0 Å². The van der Waals surface area contributed by atoms with Gasteiger partial charge in [0.15, 0.2) is 0 Å². The van der Waals surface area contributed by atoms with Gasteiger partial charge in [0, 0.05) is 18.3 Å². The summed E-state index contributed by atoms with van der Waals surface area (Å²) in [6.45, 7) is 5.42. The minimum atomic E-state index is 0.785. The van der Waals surface area contributed by atoms with Gasteiger partial charge in [-0.15, -0.1) is 0 Å². The summed E-state index contributed by atoms with van der Waals surface area (Å²) in [5, 5.41) is 0. The minimum absolute atomic E-state index is 0.785. The van der Waals surface area contributed by atoms with Crippen molar-refractivity contribution in [2.24, 2.45) is 4.99 Å². The van der Waals surface area contributed by atoms with E-state index in [1.54, 1.807) is 6.20 Å². The van der Waals surface area contributed by atoms with Crippen molar-refractivity contribution in [3.8, 4) is 0 Å². The van der Waals surface area contributed by atoms with Gasteiger partial charge in [-0.3, -0.25) is 4.99 Å². The molecule has 0 saturated heterocycles. The van der Waals surface area contributed by atoms with Crippen LogP contribution in [-0.4, -0.2) is 5.71 Å². The first kappa shape index (κ1) is 7.79. The zero-order chi connectivity index (χ0) is 8.10. The van der Waals surface area contributed by atoms with E-state index in [0.717, 1.165) is 17.9 Å². The molecule has 0 amide bonds. The summed E-state index contributed by atoms with van der Waals surface area (Å²) in [6.07, 6.45) is 7.85. The summed E-state index contributed by atoms with van der Waals surface area (Å²) in [5.74, 6) is 0.884. The lowest BCUT2D eigenvalue weighted by Crippen LogP contribution is -1.88. The number of ether oxygens (including phenoxy) is 1. The molecular formula is C9H11NO. The molecule has 0 atom stereocenters. The van der Waals surface area contributed by atoms with Crippen molar-refractivity contribution in [3.05, 3.63) is 37.0 Å². The Morgan fingerprint density at radius 3 is 3.27 bits per heavy atom. The van der Waals surface area contributed by atoms with Crippen LogP contribution in [0.1, 0.15) is 13.3 Å². The molecule has 0 saturated carbocycles. The maximum atomic E-state index is 5.13. The predicted molar refractivity (Wildman–Crippen MR) is 46.2 cm³/mol. The molecule has 1 heterocycles. The summed E-state index contributed by atoms with van der Waals surface area (Å²) in [5.41, 5.74) is 0.954. The molecule has 0 radical (unpaired) electrons. The molecule has 1 aliphatic heterocycles. The zero-order valence-electron chi connectivity index (χ0n) is 6.58. The maximum absolute atomic E-state index is 5.13. The second-order valence-corrected chi connectivity index (χ2v) is 2.25. The van der Waals surface area contributed by atoms with E-state index in [-0.39, 0.29) is 0 Å². The van der Waals surface area contributed by atoms with Crippen LogP contribution in [-0.2, 0) is 4.74 Å². The lowest BCUT2D eigenvalue weighted by Gasteiger charge is -2.00. The highest BCUT2D eigenvalue weighted by Gasteiger charge is 1.97. The van der Waals surface area contributed by atoms with Crippen molar-refractivity contribution in [2.45, 2.75) is 13.3 Å². The number of nitrogens with zero attached hydrogens (tertiary/aromatic N) is 1. The van der Waals surface area contributed by atoms with E-state index in [1.807, 2.05) is 19.1 Å². The van der Waals surface area contributed by atoms with Crippen molar-refractivity contribution >= 4 is 5.71 Å². The van der Waals surface area contributed by atoms with E-state index in [0.29, 0.717) is 0 Å². The van der Waals surface area contributed by atoms with Crippen LogP contribution < -0.4 is 0 Å². The van der Waals surface area contributed by atoms with Gasteiger partial charge in [-0.05, 0) is 13.0 Å². The third-order valence-electron chi connectivity index (χ3n) is 1.31. The Morgan fingerprint density at radius 2 is 2.55 bits per heavy atom. The molecule has 0 N–H and O–H groups in total. The van der Waals surface area contributed by atoms with E-state index in [4.69, 9.17) is 4.74 Å². The lowest BCUT2D eigenvalue weighted by molar-refractivity contribution is 0.345. The molecule has 0 bridgehead atoms. The Balaban J connectivity index is 2.73. The molecule has 0 unspecified atom stereocenters. The second kappa shape index (κ2) is 3.76. The van der Waals surface area contributed by atoms with Gasteiger partial charge < -0.3 is 4.74 Å². The summed E-state index contributed by atoms with van der Waals surface area (Å²) in [7, 11) is 0. The van der Waals surface area contributed by atoms with Gasteiger partial charge in [-0.2, -0.15) is 0 Å². The van der Waals surface area contributed by atoms with E-state index in [1.165, 1.54) is 6.26 Å². The molecule has 0 aliphatic carbocycles. The monoisotopic (exact) mass is 149 g/mol. The molecule has 0 aromatic carbocycles. The normalized spacial score (nSPS) is 16.5. The van der Waals surface area contributed by atoms with Crippen molar-refractivity contribution in [2.75, 3.05) is 0 Å². The average molecular weight is 149 g/mol. The molecule has 0 aromatic heterocycles. The van der Waals surface area contributed by atoms with Crippen molar-refractivity contribution in [1.29, 1.82) is 0 Å². The van der Waals surface area contributed by atoms with E-state index < -0.39 is 0 Å². The van der Waals surface area contributed by atoms with Crippen molar-refractivity contribution in [3.63, 3.8) is 0 Å². The first-order valence-electron chi connectivity index (χ1n) is 3.50. The van der Waals surface area contributed by atoms with Gasteiger partial charge in [-0.1, -0.05) is 12.7 Å². The summed E-state index contributed by atoms with van der Waals surface area (Å²) in [6, 6.07) is 0. The predicted octanol–water partition coefficient (Wildman–Crippen LogP) is 2.41. The first-order valence-corrected chi connectivity index (χ1v) is 3.50. The van der Waals surface area contributed by atoms with E-state index >= 15 is 0 Å². The number of aliphatic imine (C=N–C) groups is 1. The van der Waals surface area contributed by atoms with Gasteiger partial charge in [0.1, 0.15) is 5.76 Å². The fourth-order valence-electron chi connectivity index (χ4n) is 0.857. The van der Waals surface area contributed by atoms with Crippen LogP contribution in [0.2, 0.25) is 0 Å². The molecule has 0 aromatic rings. The van der Waals surface area contributed by atoms with Crippen LogP contribution in [0.4, 0.5) is 0 Å². The Kier molecular flexibility index (Phi) is 2.66.